The van der Waals surface area contributed by atoms with Gasteiger partial charge >= 0.3 is 6.03 Å². The Kier molecular flexibility index (Phi) is 6.08. The third-order valence-corrected chi connectivity index (χ3v) is 7.40. The van der Waals surface area contributed by atoms with Crippen molar-refractivity contribution in [2.45, 2.75) is 18.4 Å². The van der Waals surface area contributed by atoms with Gasteiger partial charge in [0.05, 0.1) is 4.88 Å². The van der Waals surface area contributed by atoms with E-state index in [0.29, 0.717) is 41.9 Å². The number of imide groups is 1. The third kappa shape index (κ3) is 4.08. The Balaban J connectivity index is 1.31. The summed E-state index contributed by atoms with van der Waals surface area (Å²) in [7, 11) is 0. The molecule has 3 aromatic rings. The topological polar surface area (TPSA) is 98.8 Å². The van der Waals surface area contributed by atoms with Crippen molar-refractivity contribution in [1.29, 1.82) is 0 Å². The van der Waals surface area contributed by atoms with Crippen LogP contribution in [0, 0.1) is 5.92 Å². The Morgan fingerprint density at radius 3 is 2.03 bits per heavy atom. The second-order valence-corrected chi connectivity index (χ2v) is 9.52. The van der Waals surface area contributed by atoms with E-state index in [1.807, 2.05) is 23.6 Å². The van der Waals surface area contributed by atoms with E-state index < -0.39 is 29.3 Å². The molecule has 0 radical (unpaired) electrons. The maximum Gasteiger partial charge on any atom is 0.344 e. The number of hydrazine groups is 1. The van der Waals surface area contributed by atoms with Crippen LogP contribution in [0.5, 0.6) is 0 Å². The van der Waals surface area contributed by atoms with Gasteiger partial charge in [-0.15, -0.1) is 11.3 Å². The molecule has 178 valence electrons. The van der Waals surface area contributed by atoms with Crippen LogP contribution in [0.1, 0.15) is 33.6 Å². The Bertz CT molecular complexity index is 1200. The van der Waals surface area contributed by atoms with E-state index in [1.54, 1.807) is 59.5 Å². The summed E-state index contributed by atoms with van der Waals surface area (Å²) in [4.78, 5) is 54.7. The van der Waals surface area contributed by atoms with E-state index in [4.69, 9.17) is 0 Å². The first-order valence-electron chi connectivity index (χ1n) is 11.4. The van der Waals surface area contributed by atoms with Crippen LogP contribution in [0.4, 0.5) is 4.79 Å². The van der Waals surface area contributed by atoms with Crippen LogP contribution in [0.25, 0.3) is 0 Å². The molecular weight excluding hydrogens is 464 g/mol. The summed E-state index contributed by atoms with van der Waals surface area (Å²) in [6, 6.07) is 20.9. The van der Waals surface area contributed by atoms with Crippen LogP contribution in [-0.2, 0) is 15.1 Å². The highest BCUT2D eigenvalue weighted by Crippen LogP contribution is 2.35. The van der Waals surface area contributed by atoms with Crippen LogP contribution in [0.2, 0.25) is 0 Å². The van der Waals surface area contributed by atoms with E-state index in [9.17, 15) is 19.2 Å². The molecule has 3 heterocycles. The second-order valence-electron chi connectivity index (χ2n) is 8.57. The van der Waals surface area contributed by atoms with Gasteiger partial charge in [-0.1, -0.05) is 66.7 Å². The summed E-state index contributed by atoms with van der Waals surface area (Å²) in [5, 5.41) is 5.46. The normalized spacial score (nSPS) is 17.8. The van der Waals surface area contributed by atoms with Gasteiger partial charge in [0.1, 0.15) is 0 Å². The van der Waals surface area contributed by atoms with E-state index >= 15 is 0 Å². The number of rotatable bonds is 5. The molecule has 0 aliphatic carbocycles. The van der Waals surface area contributed by atoms with E-state index in [2.05, 4.69) is 10.7 Å². The van der Waals surface area contributed by atoms with Crippen molar-refractivity contribution in [3.05, 3.63) is 94.2 Å². The first-order valence-corrected chi connectivity index (χ1v) is 12.3. The highest BCUT2D eigenvalue weighted by Gasteiger charge is 2.54. The number of piperidine rings is 1. The smallest absolute Gasteiger partial charge is 0.338 e. The first-order chi connectivity index (χ1) is 17.0. The molecule has 0 atom stereocenters. The van der Waals surface area contributed by atoms with Gasteiger partial charge in [0.25, 0.3) is 11.8 Å². The zero-order valence-corrected chi connectivity index (χ0v) is 19.7. The van der Waals surface area contributed by atoms with Crippen molar-refractivity contribution >= 4 is 35.1 Å². The maximum absolute atomic E-state index is 13.7. The summed E-state index contributed by atoms with van der Waals surface area (Å²) in [6.07, 6.45) is 0.907. The minimum absolute atomic E-state index is 0.0385. The fraction of sp³-hybridized carbons (Fsp3) is 0.231. The zero-order valence-electron chi connectivity index (χ0n) is 18.8. The number of thiophene rings is 1. The molecule has 0 spiro atoms. The van der Waals surface area contributed by atoms with Crippen LogP contribution < -0.4 is 10.7 Å². The standard InChI is InChI=1S/C26H24N4O4S/c31-22(18-13-15-29(16-14-18)23(32)21-12-7-17-35-21)28-30-24(33)26(27-25(30)34,19-8-3-1-4-9-19)20-10-5-2-6-11-20/h1-12,17-18H,13-16H2,(H,27,34)(H,28,31). The summed E-state index contributed by atoms with van der Waals surface area (Å²) in [5.74, 6) is -1.43. The van der Waals surface area contributed by atoms with Gasteiger partial charge in [-0.2, -0.15) is 5.01 Å². The van der Waals surface area contributed by atoms with Crippen molar-refractivity contribution in [3.63, 3.8) is 0 Å². The van der Waals surface area contributed by atoms with Gasteiger partial charge in [0.2, 0.25) is 5.91 Å². The molecule has 2 aliphatic rings. The molecular formula is C26H24N4O4S. The van der Waals surface area contributed by atoms with Crippen molar-refractivity contribution in [1.82, 2.24) is 20.7 Å². The highest BCUT2D eigenvalue weighted by atomic mass is 32.1. The van der Waals surface area contributed by atoms with Crippen molar-refractivity contribution in [2.75, 3.05) is 13.1 Å². The average molecular weight is 489 g/mol. The molecule has 0 bridgehead atoms. The van der Waals surface area contributed by atoms with Crippen LogP contribution in [0.15, 0.2) is 78.2 Å². The Hall–Kier alpha value is -3.98. The van der Waals surface area contributed by atoms with Crippen molar-refractivity contribution in [2.24, 2.45) is 5.92 Å². The van der Waals surface area contributed by atoms with Gasteiger partial charge in [-0.25, -0.2) is 4.79 Å². The molecule has 8 nitrogen and oxygen atoms in total. The number of urea groups is 1. The zero-order chi connectivity index (χ0) is 24.4. The van der Waals surface area contributed by atoms with Gasteiger partial charge < -0.3 is 10.2 Å². The number of benzene rings is 2. The van der Waals surface area contributed by atoms with Crippen LogP contribution in [0.3, 0.4) is 0 Å². The van der Waals surface area contributed by atoms with Crippen molar-refractivity contribution < 1.29 is 19.2 Å². The predicted molar refractivity (Wildman–Crippen MR) is 130 cm³/mol. The Labute approximate surface area is 206 Å². The minimum atomic E-state index is -1.44. The first kappa shape index (κ1) is 22.8. The number of amides is 5. The van der Waals surface area contributed by atoms with Crippen molar-refractivity contribution in [3.8, 4) is 0 Å². The molecule has 1 aromatic heterocycles. The average Bonchev–Trinajstić information content (AvgIpc) is 3.53. The van der Waals surface area contributed by atoms with Gasteiger partial charge in [-0.05, 0) is 35.4 Å². The Morgan fingerprint density at radius 2 is 1.49 bits per heavy atom. The largest absolute Gasteiger partial charge is 0.344 e. The molecule has 0 saturated carbocycles. The molecule has 35 heavy (non-hydrogen) atoms. The van der Waals surface area contributed by atoms with E-state index in [1.165, 1.54) is 11.3 Å². The minimum Gasteiger partial charge on any atom is -0.338 e. The van der Waals surface area contributed by atoms with Crippen LogP contribution >= 0.6 is 11.3 Å². The Morgan fingerprint density at radius 1 is 0.886 bits per heavy atom. The maximum atomic E-state index is 13.7. The molecule has 2 aromatic carbocycles. The number of hydrogen-bond acceptors (Lipinski definition) is 5. The number of nitrogens with zero attached hydrogens (tertiary/aromatic N) is 2. The lowest BCUT2D eigenvalue weighted by Crippen LogP contribution is -2.52. The summed E-state index contributed by atoms with van der Waals surface area (Å²) < 4.78 is 0. The summed E-state index contributed by atoms with van der Waals surface area (Å²) >= 11 is 1.39. The fourth-order valence-corrected chi connectivity index (χ4v) is 5.36. The molecule has 0 unspecified atom stereocenters. The number of nitrogens with one attached hydrogen (secondary N) is 2. The lowest BCUT2D eigenvalue weighted by molar-refractivity contribution is -0.140. The van der Waals surface area contributed by atoms with Gasteiger partial charge in [-0.3, -0.25) is 19.8 Å². The van der Waals surface area contributed by atoms with E-state index in [-0.39, 0.29) is 5.91 Å². The quantitative estimate of drug-likeness (QED) is 0.539. The SMILES string of the molecule is O=C(NN1C(=O)NC(c2ccccc2)(c2ccccc2)C1=O)C1CCN(C(=O)c2cccs2)CC1. The second kappa shape index (κ2) is 9.34. The molecule has 2 fully saturated rings. The molecule has 2 saturated heterocycles. The lowest BCUT2D eigenvalue weighted by Gasteiger charge is -2.32. The molecule has 2 aliphatic heterocycles. The monoisotopic (exact) mass is 488 g/mol. The van der Waals surface area contributed by atoms with Gasteiger partial charge in [0.15, 0.2) is 5.54 Å². The number of carbonyl (C=O) groups excluding carboxylic acids is 4. The lowest BCUT2D eigenvalue weighted by atomic mass is 9.83. The fourth-order valence-electron chi connectivity index (χ4n) is 4.67. The van der Waals surface area contributed by atoms with E-state index in [0.717, 1.165) is 5.01 Å². The predicted octanol–water partition coefficient (Wildman–Crippen LogP) is 3.13. The number of carbonyl (C=O) groups is 4. The number of hydrogen-bond donors (Lipinski definition) is 2. The summed E-state index contributed by atoms with van der Waals surface area (Å²) in [5.41, 5.74) is 2.30. The molecule has 5 rings (SSSR count). The highest BCUT2D eigenvalue weighted by molar-refractivity contribution is 7.12. The molecule has 2 N–H and O–H groups in total. The number of likely N-dealkylation sites (tertiary alicyclic amines) is 1. The molecule has 5 amide bonds. The van der Waals surface area contributed by atoms with Crippen LogP contribution in [-0.4, -0.2) is 46.8 Å². The summed E-state index contributed by atoms with van der Waals surface area (Å²) in [6.45, 7) is 0.875. The third-order valence-electron chi connectivity index (χ3n) is 6.54. The van der Waals surface area contributed by atoms with Gasteiger partial charge in [0, 0.05) is 19.0 Å². The molecule has 9 heteroatoms.